The number of nitrogens with zero attached hydrogens (tertiary/aromatic N) is 4. The normalized spacial score (nSPS) is 13.7. The number of nitrogens with one attached hydrogen (secondary N) is 1. The molecule has 4 rings (SSSR count). The molecule has 2 amide bonds. The highest BCUT2D eigenvalue weighted by Gasteiger charge is 2.22. The minimum Gasteiger partial charge on any atom is -0.465 e. The van der Waals surface area contributed by atoms with Crippen molar-refractivity contribution in [3.63, 3.8) is 0 Å². The fourth-order valence-corrected chi connectivity index (χ4v) is 4.21. The molecular formula is C21H22ClN5O3. The molecule has 9 heteroatoms. The summed E-state index contributed by atoms with van der Waals surface area (Å²) in [6, 6.07) is 5.58. The maximum Gasteiger partial charge on any atom is 0.404 e. The number of aryl methyl sites for hydroxylation is 1. The van der Waals surface area contributed by atoms with Crippen molar-refractivity contribution < 1.29 is 14.7 Å². The van der Waals surface area contributed by atoms with Gasteiger partial charge >= 0.3 is 6.09 Å². The zero-order chi connectivity index (χ0) is 21.3. The second kappa shape index (κ2) is 8.31. The van der Waals surface area contributed by atoms with Crippen LogP contribution in [0.1, 0.15) is 28.8 Å². The van der Waals surface area contributed by atoms with Gasteiger partial charge in [0.05, 0.1) is 5.39 Å². The molecule has 1 aliphatic rings. The van der Waals surface area contributed by atoms with Crippen LogP contribution >= 0.6 is 11.6 Å². The third kappa shape index (κ3) is 3.82. The molecule has 2 N–H and O–H groups in total. The van der Waals surface area contributed by atoms with E-state index in [2.05, 4.69) is 15.3 Å². The Morgan fingerprint density at radius 2 is 1.97 bits per heavy atom. The number of benzene rings is 1. The summed E-state index contributed by atoms with van der Waals surface area (Å²) in [6.45, 7) is 1.78. The smallest absolute Gasteiger partial charge is 0.404 e. The molecule has 3 heterocycles. The summed E-state index contributed by atoms with van der Waals surface area (Å²) in [5, 5.41) is 12.4. The average Bonchev–Trinajstić information content (AvgIpc) is 3.36. The Morgan fingerprint density at radius 1 is 1.20 bits per heavy atom. The van der Waals surface area contributed by atoms with E-state index in [-0.39, 0.29) is 12.5 Å². The largest absolute Gasteiger partial charge is 0.465 e. The van der Waals surface area contributed by atoms with Gasteiger partial charge in [-0.25, -0.2) is 14.8 Å². The number of aromatic nitrogens is 3. The maximum absolute atomic E-state index is 12.9. The van der Waals surface area contributed by atoms with Crippen LogP contribution in [0.25, 0.3) is 22.2 Å². The fourth-order valence-electron chi connectivity index (χ4n) is 3.98. The molecule has 156 valence electrons. The number of halogens is 1. The molecule has 1 aliphatic heterocycles. The van der Waals surface area contributed by atoms with Crippen LogP contribution in [0.2, 0.25) is 5.15 Å². The quantitative estimate of drug-likeness (QED) is 0.608. The Labute approximate surface area is 178 Å². The number of hydrogen-bond acceptors (Lipinski definition) is 4. The molecular weight excluding hydrogens is 406 g/mol. The first kappa shape index (κ1) is 20.2. The van der Waals surface area contributed by atoms with Gasteiger partial charge in [0.2, 0.25) is 0 Å². The molecule has 0 spiro atoms. The third-order valence-corrected chi connectivity index (χ3v) is 5.70. The molecule has 0 bridgehead atoms. The Hall–Kier alpha value is -3.13. The monoisotopic (exact) mass is 427 g/mol. The summed E-state index contributed by atoms with van der Waals surface area (Å²) in [7, 11) is 1.88. The number of carbonyl (C=O) groups is 2. The molecule has 1 aromatic carbocycles. The predicted octanol–water partition coefficient (Wildman–Crippen LogP) is 3.33. The first-order valence-electron chi connectivity index (χ1n) is 9.80. The van der Waals surface area contributed by atoms with Crippen molar-refractivity contribution in [3.8, 4) is 11.1 Å². The predicted molar refractivity (Wildman–Crippen MR) is 114 cm³/mol. The summed E-state index contributed by atoms with van der Waals surface area (Å²) in [6.07, 6.45) is 4.74. The number of carboxylic acid groups (broad SMARTS) is 1. The minimum atomic E-state index is -1.08. The van der Waals surface area contributed by atoms with E-state index in [1.165, 1.54) is 6.33 Å². The number of hydrogen-bond donors (Lipinski definition) is 2. The molecule has 0 atom stereocenters. The van der Waals surface area contributed by atoms with Gasteiger partial charge in [0.1, 0.15) is 17.1 Å². The van der Waals surface area contributed by atoms with Crippen molar-refractivity contribution in [1.82, 2.24) is 24.8 Å². The van der Waals surface area contributed by atoms with E-state index in [9.17, 15) is 9.59 Å². The van der Waals surface area contributed by atoms with Gasteiger partial charge in [0.15, 0.2) is 0 Å². The van der Waals surface area contributed by atoms with Crippen molar-refractivity contribution in [3.05, 3.63) is 47.0 Å². The van der Waals surface area contributed by atoms with Crippen molar-refractivity contribution in [2.24, 2.45) is 7.05 Å². The summed E-state index contributed by atoms with van der Waals surface area (Å²) in [5.74, 6) is 0.00535. The molecule has 0 aliphatic carbocycles. The first-order valence-corrected chi connectivity index (χ1v) is 10.2. The van der Waals surface area contributed by atoms with Gasteiger partial charge in [-0.3, -0.25) is 4.79 Å². The van der Waals surface area contributed by atoms with Crippen molar-refractivity contribution >= 4 is 34.6 Å². The molecule has 1 saturated heterocycles. The van der Waals surface area contributed by atoms with Crippen molar-refractivity contribution in [1.29, 1.82) is 0 Å². The lowest BCUT2D eigenvalue weighted by atomic mass is 9.95. The average molecular weight is 428 g/mol. The molecule has 8 nitrogen and oxygen atoms in total. The molecule has 0 saturated carbocycles. The van der Waals surface area contributed by atoms with Crippen LogP contribution in [0.4, 0.5) is 4.79 Å². The van der Waals surface area contributed by atoms with E-state index < -0.39 is 6.09 Å². The Balaban J connectivity index is 1.78. The highest BCUT2D eigenvalue weighted by Crippen LogP contribution is 2.35. The lowest BCUT2D eigenvalue weighted by Crippen LogP contribution is -2.28. The van der Waals surface area contributed by atoms with Gasteiger partial charge in [0.25, 0.3) is 5.91 Å². The zero-order valence-corrected chi connectivity index (χ0v) is 17.3. The van der Waals surface area contributed by atoms with Crippen LogP contribution in [0.15, 0.2) is 30.7 Å². The van der Waals surface area contributed by atoms with Gasteiger partial charge in [0, 0.05) is 44.0 Å². The van der Waals surface area contributed by atoms with E-state index in [0.29, 0.717) is 22.8 Å². The van der Waals surface area contributed by atoms with E-state index in [4.69, 9.17) is 16.7 Å². The standard InChI is InChI=1S/C21H22ClN5O3/c1-26-11-16(17-18(22)24-12-25-19(17)26)15-5-4-14(20(28)27-8-2-3-9-27)10-13(15)6-7-23-21(29)30/h4-5,10-12,23H,2-3,6-9H2,1H3,(H,29,30). The number of amides is 2. The Morgan fingerprint density at radius 3 is 2.70 bits per heavy atom. The first-order chi connectivity index (χ1) is 14.5. The topological polar surface area (TPSA) is 100 Å². The van der Waals surface area contributed by atoms with E-state index in [1.54, 1.807) is 0 Å². The third-order valence-electron chi connectivity index (χ3n) is 5.41. The maximum atomic E-state index is 12.9. The van der Waals surface area contributed by atoms with Crippen molar-refractivity contribution in [2.75, 3.05) is 19.6 Å². The van der Waals surface area contributed by atoms with Crippen LogP contribution in [-0.4, -0.2) is 56.2 Å². The fraction of sp³-hybridized carbons (Fsp3) is 0.333. The second-order valence-electron chi connectivity index (χ2n) is 7.37. The molecule has 3 aromatic rings. The lowest BCUT2D eigenvalue weighted by Gasteiger charge is -2.17. The van der Waals surface area contributed by atoms with Gasteiger partial charge < -0.3 is 19.9 Å². The SMILES string of the molecule is Cn1cc(-c2ccc(C(=O)N3CCCC3)cc2CCNC(=O)O)c2c(Cl)ncnc21. The van der Waals surface area contributed by atoms with Crippen LogP contribution in [0, 0.1) is 0 Å². The van der Waals surface area contributed by atoms with Crippen molar-refractivity contribution in [2.45, 2.75) is 19.3 Å². The number of carbonyl (C=O) groups excluding carboxylic acids is 1. The molecule has 1 fully saturated rings. The van der Waals surface area contributed by atoms with E-state index in [0.717, 1.165) is 48.0 Å². The minimum absolute atomic E-state index is 0.00535. The van der Waals surface area contributed by atoms with E-state index >= 15 is 0 Å². The van der Waals surface area contributed by atoms with Gasteiger partial charge in [-0.1, -0.05) is 17.7 Å². The van der Waals surface area contributed by atoms with Crippen LogP contribution in [0.3, 0.4) is 0 Å². The number of fused-ring (bicyclic) bond motifs is 1. The summed E-state index contributed by atoms with van der Waals surface area (Å²) in [4.78, 5) is 34.1. The van der Waals surface area contributed by atoms with Gasteiger partial charge in [-0.2, -0.15) is 0 Å². The lowest BCUT2D eigenvalue weighted by molar-refractivity contribution is 0.0792. The van der Waals surface area contributed by atoms with Crippen LogP contribution in [-0.2, 0) is 13.5 Å². The van der Waals surface area contributed by atoms with Crippen LogP contribution < -0.4 is 5.32 Å². The summed E-state index contributed by atoms with van der Waals surface area (Å²) >= 11 is 6.38. The van der Waals surface area contributed by atoms with Gasteiger partial charge in [-0.15, -0.1) is 0 Å². The molecule has 2 aromatic heterocycles. The number of likely N-dealkylation sites (tertiary alicyclic amines) is 1. The Bertz CT molecular complexity index is 1120. The Kier molecular flexibility index (Phi) is 5.59. The molecule has 0 radical (unpaired) electrons. The summed E-state index contributed by atoms with van der Waals surface area (Å²) in [5.41, 5.74) is 3.90. The molecule has 0 unspecified atom stereocenters. The van der Waals surface area contributed by atoms with Crippen LogP contribution in [0.5, 0.6) is 0 Å². The summed E-state index contributed by atoms with van der Waals surface area (Å²) < 4.78 is 1.88. The highest BCUT2D eigenvalue weighted by molar-refractivity contribution is 6.35. The van der Waals surface area contributed by atoms with Gasteiger partial charge in [-0.05, 0) is 42.5 Å². The highest BCUT2D eigenvalue weighted by atomic mass is 35.5. The van der Waals surface area contributed by atoms with E-state index in [1.807, 2.05) is 40.9 Å². The second-order valence-corrected chi connectivity index (χ2v) is 7.73. The molecule has 30 heavy (non-hydrogen) atoms. The zero-order valence-electron chi connectivity index (χ0n) is 16.6. The number of rotatable bonds is 5.